The van der Waals surface area contributed by atoms with Gasteiger partial charge in [-0.05, 0) is 63.0 Å². The lowest BCUT2D eigenvalue weighted by molar-refractivity contribution is -0.133. The van der Waals surface area contributed by atoms with Crippen LogP contribution in [-0.2, 0) is 25.2 Å². The molecule has 234 valence electrons. The zero-order chi connectivity index (χ0) is 31.4. The van der Waals surface area contributed by atoms with Crippen molar-refractivity contribution in [1.82, 2.24) is 15.1 Å². The summed E-state index contributed by atoms with van der Waals surface area (Å²) in [5.41, 5.74) is -0.491. The molecule has 0 bridgehead atoms. The van der Waals surface area contributed by atoms with E-state index in [1.54, 1.807) is 41.3 Å². The fourth-order valence-electron chi connectivity index (χ4n) is 6.46. The topological polar surface area (TPSA) is 127 Å². The molecule has 3 heterocycles. The van der Waals surface area contributed by atoms with Crippen LogP contribution in [0.2, 0.25) is 10.0 Å². The second-order valence-electron chi connectivity index (χ2n) is 11.3. The summed E-state index contributed by atoms with van der Waals surface area (Å²) in [5.74, 6) is -4.76. The summed E-state index contributed by atoms with van der Waals surface area (Å²) in [6, 6.07) is 13.6. The quantitative estimate of drug-likeness (QED) is 0.342. The molecule has 2 aromatic rings. The maximum atomic E-state index is 13.7. The molecule has 9 nitrogen and oxygen atoms in total. The summed E-state index contributed by atoms with van der Waals surface area (Å²) < 4.78 is 13.4. The fraction of sp³-hybridized carbons (Fsp3) is 0.406. The summed E-state index contributed by atoms with van der Waals surface area (Å²) in [4.78, 5) is 44.1. The number of hydrogen-bond acceptors (Lipinski definition) is 6. The molecule has 12 heteroatoms. The van der Waals surface area contributed by atoms with Gasteiger partial charge in [-0.25, -0.2) is 9.59 Å². The molecule has 1 unspecified atom stereocenters. The van der Waals surface area contributed by atoms with Gasteiger partial charge in [0.2, 0.25) is 5.91 Å². The molecule has 0 aliphatic carbocycles. The van der Waals surface area contributed by atoms with E-state index < -0.39 is 28.7 Å². The van der Waals surface area contributed by atoms with Crippen LogP contribution in [0.3, 0.4) is 0 Å². The second kappa shape index (κ2) is 14.3. The molecule has 2 saturated heterocycles. The van der Waals surface area contributed by atoms with Crippen LogP contribution in [-0.4, -0.2) is 80.0 Å². The van der Waals surface area contributed by atoms with E-state index in [1.165, 1.54) is 31.4 Å². The fourth-order valence-corrected chi connectivity index (χ4v) is 8.19. The van der Waals surface area contributed by atoms with Crippen molar-refractivity contribution in [2.75, 3.05) is 31.9 Å². The molecule has 3 aliphatic rings. The molecular weight excluding hydrogens is 625 g/mol. The number of halogens is 2. The lowest BCUT2D eigenvalue weighted by Gasteiger charge is -2.40. The average Bonchev–Trinajstić information content (AvgIpc) is 3.01. The molecule has 44 heavy (non-hydrogen) atoms. The molecule has 1 amide bonds. The third-order valence-electron chi connectivity index (χ3n) is 8.61. The first-order valence-electron chi connectivity index (χ1n) is 14.7. The number of carbonyl (C=O) groups is 3. The second-order valence-corrected chi connectivity index (χ2v) is 13.5. The summed E-state index contributed by atoms with van der Waals surface area (Å²) in [6.07, 6.45) is 5.01. The van der Waals surface area contributed by atoms with Crippen molar-refractivity contribution in [2.24, 2.45) is 0 Å². The van der Waals surface area contributed by atoms with Crippen LogP contribution in [0.4, 0.5) is 0 Å². The van der Waals surface area contributed by atoms with Gasteiger partial charge in [0.25, 0.3) is 0 Å². The van der Waals surface area contributed by atoms with E-state index in [-0.39, 0.29) is 56.2 Å². The van der Waals surface area contributed by atoms with Gasteiger partial charge in [-0.3, -0.25) is 9.00 Å². The molecule has 0 spiro atoms. The van der Waals surface area contributed by atoms with Crippen LogP contribution in [0, 0.1) is 0 Å². The lowest BCUT2D eigenvalue weighted by atomic mass is 9.79. The van der Waals surface area contributed by atoms with Crippen molar-refractivity contribution in [3.8, 4) is 0 Å². The first-order chi connectivity index (χ1) is 21.2. The molecule has 3 aliphatic heterocycles. The molecule has 2 atom stereocenters. The normalized spacial score (nSPS) is 20.8. The summed E-state index contributed by atoms with van der Waals surface area (Å²) >= 11 is 13.1. The van der Waals surface area contributed by atoms with Crippen LogP contribution in [0.15, 0.2) is 76.0 Å². The van der Waals surface area contributed by atoms with Gasteiger partial charge in [0.05, 0.1) is 40.0 Å². The van der Waals surface area contributed by atoms with E-state index >= 15 is 0 Å². The number of piperidine rings is 2. The van der Waals surface area contributed by atoms with Gasteiger partial charge in [-0.1, -0.05) is 53.9 Å². The third kappa shape index (κ3) is 7.04. The minimum Gasteiger partial charge on any atom is -0.478 e. The number of amides is 1. The van der Waals surface area contributed by atoms with Crippen molar-refractivity contribution < 1.29 is 28.8 Å². The molecule has 0 aromatic heterocycles. The van der Waals surface area contributed by atoms with Crippen LogP contribution >= 0.6 is 23.2 Å². The smallest absolute Gasteiger partial charge is 0.334 e. The predicted octanol–water partition coefficient (Wildman–Crippen LogP) is 5.03. The number of carboxylic acids is 2. The lowest BCUT2D eigenvalue weighted by Crippen LogP contribution is -2.48. The number of dihydropyridines is 1. The minimum absolute atomic E-state index is 0.0340. The molecule has 0 saturated carbocycles. The Morgan fingerprint density at radius 2 is 1.41 bits per heavy atom. The predicted molar refractivity (Wildman–Crippen MR) is 169 cm³/mol. The highest BCUT2D eigenvalue weighted by atomic mass is 35.5. The average molecular weight is 661 g/mol. The van der Waals surface area contributed by atoms with Crippen LogP contribution in [0.5, 0.6) is 0 Å². The number of likely N-dealkylation sites (tertiary alicyclic amines) is 2. The van der Waals surface area contributed by atoms with Gasteiger partial charge in [-0.2, -0.15) is 0 Å². The van der Waals surface area contributed by atoms with E-state index in [1.807, 2.05) is 0 Å². The molecule has 3 N–H and O–H groups in total. The zero-order valence-corrected chi connectivity index (χ0v) is 26.5. The van der Waals surface area contributed by atoms with E-state index in [0.29, 0.717) is 24.0 Å². The van der Waals surface area contributed by atoms with E-state index in [9.17, 15) is 28.8 Å². The Morgan fingerprint density at radius 1 is 0.818 bits per heavy atom. The standard InChI is InChI=1S/C32H35Cl2N3O6S/c33-22-10-7-11-23(34)27(22)30-28(31(39)40)24(18-26(38)37-16-12-20(13-17-37)36-14-5-2-6-15-36)35-25(29(30)32(41)42)19-44(43)21-8-3-1-4-9-21/h1,3-4,7-11,20,30,35H,2,5-6,12-19H2,(H,39,40)(H,41,42)/t30?,44-/m0/s1. The number of carboxylic acid groups (broad SMARTS) is 2. The first-order valence-corrected chi connectivity index (χ1v) is 16.8. The van der Waals surface area contributed by atoms with Gasteiger partial charge in [-0.15, -0.1) is 0 Å². The van der Waals surface area contributed by atoms with Gasteiger partial charge in [0.15, 0.2) is 0 Å². The minimum atomic E-state index is -1.68. The maximum absolute atomic E-state index is 13.7. The van der Waals surface area contributed by atoms with Gasteiger partial charge < -0.3 is 25.3 Å². The summed E-state index contributed by atoms with van der Waals surface area (Å²) in [7, 11) is -1.68. The summed E-state index contributed by atoms with van der Waals surface area (Å²) in [6.45, 7) is 3.26. The van der Waals surface area contributed by atoms with Crippen LogP contribution in [0.25, 0.3) is 0 Å². The first kappa shape index (κ1) is 32.2. The SMILES string of the molecule is O=C(O)C1=C(CC(=O)N2CCC(N3CCCCC3)CC2)NC(C[S@](=O)c2ccccc2)=C(C(=O)O)C1c1c(Cl)cccc1Cl. The number of rotatable bonds is 9. The Bertz CT molecular complexity index is 1490. The van der Waals surface area contributed by atoms with Crippen molar-refractivity contribution in [3.05, 3.63) is 86.7 Å². The molecular formula is C32H35Cl2N3O6S. The monoisotopic (exact) mass is 659 g/mol. The van der Waals surface area contributed by atoms with Gasteiger partial charge in [0.1, 0.15) is 0 Å². The summed E-state index contributed by atoms with van der Waals surface area (Å²) in [5, 5.41) is 24.0. The molecule has 2 fully saturated rings. The number of nitrogens with one attached hydrogen (secondary N) is 1. The Kier molecular flexibility index (Phi) is 10.5. The van der Waals surface area contributed by atoms with Crippen molar-refractivity contribution in [2.45, 2.75) is 55.4 Å². The van der Waals surface area contributed by atoms with E-state index in [4.69, 9.17) is 23.2 Å². The highest BCUT2D eigenvalue weighted by molar-refractivity contribution is 7.85. The van der Waals surface area contributed by atoms with Crippen molar-refractivity contribution >= 4 is 51.8 Å². The number of nitrogens with zero attached hydrogens (tertiary/aromatic N) is 2. The molecule has 0 radical (unpaired) electrons. The van der Waals surface area contributed by atoms with Crippen molar-refractivity contribution in [3.63, 3.8) is 0 Å². The van der Waals surface area contributed by atoms with Gasteiger partial charge in [0, 0.05) is 51.0 Å². The molecule has 2 aromatic carbocycles. The number of aliphatic carboxylic acids is 2. The highest BCUT2D eigenvalue weighted by Crippen LogP contribution is 2.45. The van der Waals surface area contributed by atoms with Gasteiger partial charge >= 0.3 is 11.9 Å². The highest BCUT2D eigenvalue weighted by Gasteiger charge is 2.41. The Balaban J connectivity index is 1.49. The zero-order valence-electron chi connectivity index (χ0n) is 24.1. The van der Waals surface area contributed by atoms with Crippen molar-refractivity contribution in [1.29, 1.82) is 0 Å². The Morgan fingerprint density at radius 3 is 2.00 bits per heavy atom. The van der Waals surface area contributed by atoms with E-state index in [0.717, 1.165) is 25.9 Å². The number of carbonyl (C=O) groups excluding carboxylic acids is 1. The van der Waals surface area contributed by atoms with E-state index in [2.05, 4.69) is 10.2 Å². The Labute approximate surface area is 269 Å². The van der Waals surface area contributed by atoms with Crippen LogP contribution in [0.1, 0.15) is 50.0 Å². The maximum Gasteiger partial charge on any atom is 0.334 e. The van der Waals surface area contributed by atoms with Crippen LogP contribution < -0.4 is 5.32 Å². The number of hydrogen-bond donors (Lipinski definition) is 3. The molecule has 5 rings (SSSR count). The Hall–Kier alpha value is -3.18. The largest absolute Gasteiger partial charge is 0.478 e. The third-order valence-corrected chi connectivity index (χ3v) is 10.6. The number of benzene rings is 2.